The van der Waals surface area contributed by atoms with Crippen LogP contribution in [0.25, 0.3) is 5.69 Å². The summed E-state index contributed by atoms with van der Waals surface area (Å²) in [5.74, 6) is 0.192. The Balaban J connectivity index is 1.72. The molecule has 1 aliphatic heterocycles. The molecule has 5 heteroatoms. The van der Waals surface area contributed by atoms with E-state index in [-0.39, 0.29) is 11.9 Å². The summed E-state index contributed by atoms with van der Waals surface area (Å²) in [5.41, 5.74) is 5.51. The quantitative estimate of drug-likeness (QED) is 0.385. The topological polar surface area (TPSA) is 38.4 Å². The predicted molar refractivity (Wildman–Crippen MR) is 115 cm³/mol. The fraction of sp³-hybridized carbons (Fsp3) is 0.125. The molecule has 0 bridgehead atoms. The first kappa shape index (κ1) is 18.0. The van der Waals surface area contributed by atoms with Gasteiger partial charge in [0.05, 0.1) is 11.7 Å². The summed E-state index contributed by atoms with van der Waals surface area (Å²) in [6, 6.07) is 24.0. The molecule has 1 amide bonds. The van der Waals surface area contributed by atoms with E-state index in [1.807, 2.05) is 23.1 Å². The van der Waals surface area contributed by atoms with Gasteiger partial charge in [0.2, 0.25) is 0 Å². The van der Waals surface area contributed by atoms with E-state index >= 15 is 0 Å². The van der Waals surface area contributed by atoms with Gasteiger partial charge in [-0.1, -0.05) is 48.0 Å². The molecule has 1 aliphatic rings. The van der Waals surface area contributed by atoms with Gasteiger partial charge in [0.25, 0.3) is 5.91 Å². The average molecular weight is 447 g/mol. The zero-order chi connectivity index (χ0) is 20.0. The molecule has 0 unspecified atom stereocenters. The fourth-order valence-corrected chi connectivity index (χ4v) is 4.32. The van der Waals surface area contributed by atoms with E-state index in [1.165, 1.54) is 5.56 Å². The number of nitrogens with zero attached hydrogens (tertiary/aromatic N) is 2. The highest BCUT2D eigenvalue weighted by molar-refractivity contribution is 9.10. The highest BCUT2D eigenvalue weighted by Crippen LogP contribution is 2.37. The predicted octanol–water partition coefficient (Wildman–Crippen LogP) is 5.89. The van der Waals surface area contributed by atoms with Gasteiger partial charge in [-0.25, -0.2) is 0 Å². The van der Waals surface area contributed by atoms with Crippen LogP contribution in [0.4, 0.5) is 0 Å². The molecule has 4 nitrogen and oxygen atoms in total. The number of aryl methyl sites for hydroxylation is 1. The van der Waals surface area contributed by atoms with Gasteiger partial charge < -0.3 is 13.9 Å². The summed E-state index contributed by atoms with van der Waals surface area (Å²) in [7, 11) is 0. The molecule has 3 heterocycles. The Bertz CT molecular complexity index is 1190. The third-order valence-corrected chi connectivity index (χ3v) is 5.83. The number of aromatic nitrogens is 1. The molecule has 2 aromatic carbocycles. The minimum Gasteiger partial charge on any atom is -0.444 e. The Kier molecular flexibility index (Phi) is 4.40. The minimum absolute atomic E-state index is 0.134. The lowest BCUT2D eigenvalue weighted by molar-refractivity contribution is 0.0657. The number of furan rings is 1. The van der Waals surface area contributed by atoms with Crippen molar-refractivity contribution in [3.05, 3.63) is 112 Å². The first-order valence-electron chi connectivity index (χ1n) is 9.50. The molecule has 0 aliphatic carbocycles. The van der Waals surface area contributed by atoms with Crippen LogP contribution in [0.1, 0.15) is 39.0 Å². The van der Waals surface area contributed by atoms with Gasteiger partial charge in [-0.2, -0.15) is 0 Å². The fourth-order valence-electron chi connectivity index (χ4n) is 4.01. The van der Waals surface area contributed by atoms with Crippen LogP contribution in [-0.2, 0) is 6.54 Å². The van der Waals surface area contributed by atoms with Crippen molar-refractivity contribution in [3.63, 3.8) is 0 Å². The Morgan fingerprint density at radius 1 is 1.00 bits per heavy atom. The number of benzene rings is 2. The lowest BCUT2D eigenvalue weighted by Crippen LogP contribution is -2.34. The van der Waals surface area contributed by atoms with Crippen LogP contribution in [0.3, 0.4) is 0 Å². The molecular weight excluding hydrogens is 428 g/mol. The molecule has 29 heavy (non-hydrogen) atoms. The van der Waals surface area contributed by atoms with Crippen LogP contribution in [0.2, 0.25) is 0 Å². The van der Waals surface area contributed by atoms with Crippen LogP contribution >= 0.6 is 15.9 Å². The molecule has 0 radical (unpaired) electrons. The Morgan fingerprint density at radius 3 is 2.55 bits per heavy atom. The number of rotatable bonds is 2. The van der Waals surface area contributed by atoms with Gasteiger partial charge in [-0.15, -0.1) is 0 Å². The van der Waals surface area contributed by atoms with Gasteiger partial charge in [-0.05, 0) is 64.3 Å². The molecule has 0 saturated heterocycles. The first-order valence-corrected chi connectivity index (χ1v) is 10.3. The van der Waals surface area contributed by atoms with Gasteiger partial charge >= 0.3 is 0 Å². The second-order valence-corrected chi connectivity index (χ2v) is 8.06. The number of hydrogen-bond donors (Lipinski definition) is 0. The highest BCUT2D eigenvalue weighted by Gasteiger charge is 2.34. The molecule has 2 aromatic heterocycles. The van der Waals surface area contributed by atoms with Crippen LogP contribution in [0.15, 0.2) is 88.1 Å². The van der Waals surface area contributed by atoms with Crippen LogP contribution in [0.5, 0.6) is 0 Å². The van der Waals surface area contributed by atoms with Crippen molar-refractivity contribution in [1.29, 1.82) is 0 Å². The molecule has 0 spiro atoms. The Morgan fingerprint density at radius 2 is 1.79 bits per heavy atom. The monoisotopic (exact) mass is 446 g/mol. The number of fused-ring (bicyclic) bond motifs is 3. The highest BCUT2D eigenvalue weighted by atomic mass is 79.9. The van der Waals surface area contributed by atoms with Crippen molar-refractivity contribution in [2.45, 2.75) is 19.5 Å². The standard InChI is InChI=1S/C24H19BrN2O2/c1-16-8-10-17(11-9-16)23-20-7-4-14-26(20)19-6-3-2-5-18(19)15-27(23)24(28)21-12-13-22(25)29-21/h2-14,23H,15H2,1H3/t23-/m0/s1. The van der Waals surface area contributed by atoms with Gasteiger partial charge in [-0.3, -0.25) is 4.79 Å². The first-order chi connectivity index (χ1) is 14.1. The van der Waals surface area contributed by atoms with Crippen LogP contribution in [-0.4, -0.2) is 15.4 Å². The molecular formula is C24H19BrN2O2. The number of halogens is 1. The smallest absolute Gasteiger partial charge is 0.290 e. The van der Waals surface area contributed by atoms with Crippen molar-refractivity contribution in [2.24, 2.45) is 0 Å². The van der Waals surface area contributed by atoms with E-state index in [0.29, 0.717) is 17.0 Å². The molecule has 144 valence electrons. The maximum Gasteiger partial charge on any atom is 0.290 e. The van der Waals surface area contributed by atoms with E-state index < -0.39 is 0 Å². The lowest BCUT2D eigenvalue weighted by Gasteiger charge is -2.30. The Hall–Kier alpha value is -3.05. The van der Waals surface area contributed by atoms with Crippen LogP contribution in [0, 0.1) is 6.92 Å². The third kappa shape index (κ3) is 3.12. The number of carbonyl (C=O) groups excluding carboxylic acids is 1. The summed E-state index contributed by atoms with van der Waals surface area (Å²) < 4.78 is 8.35. The maximum atomic E-state index is 13.6. The molecule has 0 saturated carbocycles. The minimum atomic E-state index is -0.227. The summed E-state index contributed by atoms with van der Waals surface area (Å²) in [6.45, 7) is 2.56. The number of amides is 1. The second-order valence-electron chi connectivity index (χ2n) is 7.28. The molecule has 0 N–H and O–H groups in total. The van der Waals surface area contributed by atoms with E-state index in [2.05, 4.69) is 76.1 Å². The van der Waals surface area contributed by atoms with Crippen LogP contribution < -0.4 is 0 Å². The van der Waals surface area contributed by atoms with Crippen molar-refractivity contribution < 1.29 is 9.21 Å². The zero-order valence-corrected chi connectivity index (χ0v) is 17.5. The third-order valence-electron chi connectivity index (χ3n) is 5.40. The van der Waals surface area contributed by atoms with E-state index in [1.54, 1.807) is 12.1 Å². The van der Waals surface area contributed by atoms with Gasteiger partial charge in [0, 0.05) is 18.4 Å². The number of hydrogen-bond acceptors (Lipinski definition) is 2. The lowest BCUT2D eigenvalue weighted by atomic mass is 10.00. The number of para-hydroxylation sites is 1. The molecule has 0 fully saturated rings. The van der Waals surface area contributed by atoms with Crippen molar-refractivity contribution in [1.82, 2.24) is 9.47 Å². The largest absolute Gasteiger partial charge is 0.444 e. The normalized spacial score (nSPS) is 15.5. The van der Waals surface area contributed by atoms with Crippen molar-refractivity contribution in [3.8, 4) is 5.69 Å². The van der Waals surface area contributed by atoms with Crippen molar-refractivity contribution >= 4 is 21.8 Å². The molecule has 1 atom stereocenters. The SMILES string of the molecule is Cc1ccc([C@H]2c3cccn3-c3ccccc3CN2C(=O)c2ccc(Br)o2)cc1. The van der Waals surface area contributed by atoms with Gasteiger partial charge in [0.1, 0.15) is 0 Å². The Labute approximate surface area is 177 Å². The van der Waals surface area contributed by atoms with E-state index in [0.717, 1.165) is 22.5 Å². The summed E-state index contributed by atoms with van der Waals surface area (Å²) in [4.78, 5) is 15.5. The zero-order valence-electron chi connectivity index (χ0n) is 15.9. The summed E-state index contributed by atoms with van der Waals surface area (Å²) >= 11 is 3.31. The van der Waals surface area contributed by atoms with Crippen molar-refractivity contribution in [2.75, 3.05) is 0 Å². The van der Waals surface area contributed by atoms with Gasteiger partial charge in [0.15, 0.2) is 10.4 Å². The maximum absolute atomic E-state index is 13.6. The molecule has 5 rings (SSSR count). The van der Waals surface area contributed by atoms with E-state index in [9.17, 15) is 4.79 Å². The summed E-state index contributed by atoms with van der Waals surface area (Å²) in [6.07, 6.45) is 2.06. The second kappa shape index (κ2) is 7.08. The van der Waals surface area contributed by atoms with E-state index in [4.69, 9.17) is 4.42 Å². The average Bonchev–Trinajstić information content (AvgIpc) is 3.35. The number of carbonyl (C=O) groups is 1. The molecule has 4 aromatic rings. The summed E-state index contributed by atoms with van der Waals surface area (Å²) in [5, 5.41) is 0.